The van der Waals surface area contributed by atoms with Gasteiger partial charge in [0.1, 0.15) is 0 Å². The lowest BCUT2D eigenvalue weighted by Crippen LogP contribution is -1.97. The molecular weight excluding hydrogens is 330 g/mol. The third-order valence-corrected chi connectivity index (χ3v) is 4.73. The molecule has 0 aliphatic rings. The molecule has 0 amide bonds. The first kappa shape index (κ1) is 15.5. The molecule has 5 rings (SSSR count). The maximum Gasteiger partial charge on any atom is 0.153 e. The minimum Gasteiger partial charge on any atom is -0.237 e. The molecule has 5 aromatic rings. The summed E-state index contributed by atoms with van der Waals surface area (Å²) in [5, 5.41) is 7.21. The zero-order chi connectivity index (χ0) is 18.1. The highest BCUT2D eigenvalue weighted by molar-refractivity contribution is 5.97. The number of aromatic nitrogens is 3. The fourth-order valence-corrected chi connectivity index (χ4v) is 3.42. The first-order valence-electron chi connectivity index (χ1n) is 8.94. The molecule has 3 nitrogen and oxygen atoms in total. The number of rotatable bonds is 3. The molecule has 0 unspecified atom stereocenters. The van der Waals surface area contributed by atoms with Crippen LogP contribution in [0.25, 0.3) is 39.0 Å². The summed E-state index contributed by atoms with van der Waals surface area (Å²) in [6.45, 7) is 0. The van der Waals surface area contributed by atoms with E-state index in [4.69, 9.17) is 5.10 Å². The molecule has 27 heavy (non-hydrogen) atoms. The van der Waals surface area contributed by atoms with Crippen LogP contribution in [0.5, 0.6) is 0 Å². The standard InChI is InChI=1S/C24H17N3/c1-2-11-21-18(7-1)8-6-12-22(21)19-9-5-10-20(17-19)23-14-16-27(26-23)24-13-3-4-15-25-24/h1-17H. The van der Waals surface area contributed by atoms with Crippen LogP contribution in [-0.2, 0) is 0 Å². The number of fused-ring (bicyclic) bond motifs is 1. The van der Waals surface area contributed by atoms with Crippen molar-refractivity contribution in [1.82, 2.24) is 14.8 Å². The molecule has 0 saturated heterocycles. The monoisotopic (exact) mass is 347 g/mol. The van der Waals surface area contributed by atoms with Crippen molar-refractivity contribution in [3.05, 3.63) is 103 Å². The van der Waals surface area contributed by atoms with Gasteiger partial charge in [0, 0.05) is 18.0 Å². The molecule has 0 spiro atoms. The third-order valence-electron chi connectivity index (χ3n) is 4.73. The molecule has 0 saturated carbocycles. The van der Waals surface area contributed by atoms with Gasteiger partial charge in [-0.1, -0.05) is 66.7 Å². The van der Waals surface area contributed by atoms with E-state index in [1.54, 1.807) is 10.9 Å². The summed E-state index contributed by atoms with van der Waals surface area (Å²) in [5.74, 6) is 0.814. The molecule has 0 radical (unpaired) electrons. The predicted molar refractivity (Wildman–Crippen MR) is 110 cm³/mol. The molecule has 2 heterocycles. The quantitative estimate of drug-likeness (QED) is 0.416. The van der Waals surface area contributed by atoms with Crippen LogP contribution in [0.3, 0.4) is 0 Å². The van der Waals surface area contributed by atoms with Gasteiger partial charge < -0.3 is 0 Å². The second-order valence-electron chi connectivity index (χ2n) is 6.44. The van der Waals surface area contributed by atoms with Crippen LogP contribution in [0.4, 0.5) is 0 Å². The summed E-state index contributed by atoms with van der Waals surface area (Å²) >= 11 is 0. The van der Waals surface area contributed by atoms with Crippen LogP contribution in [0.1, 0.15) is 0 Å². The van der Waals surface area contributed by atoms with Crippen LogP contribution in [0.15, 0.2) is 103 Å². The normalized spacial score (nSPS) is 11.0. The number of nitrogens with zero attached hydrogens (tertiary/aromatic N) is 3. The van der Waals surface area contributed by atoms with Gasteiger partial charge in [0.2, 0.25) is 0 Å². The van der Waals surface area contributed by atoms with Crippen LogP contribution < -0.4 is 0 Å². The minimum absolute atomic E-state index is 0.814. The Morgan fingerprint density at radius 2 is 1.48 bits per heavy atom. The Bertz CT molecular complexity index is 1220. The highest BCUT2D eigenvalue weighted by atomic mass is 15.3. The van der Waals surface area contributed by atoms with Gasteiger partial charge in [-0.25, -0.2) is 9.67 Å². The van der Waals surface area contributed by atoms with Crippen LogP contribution in [0, 0.1) is 0 Å². The van der Waals surface area contributed by atoms with Crippen LogP contribution in [-0.4, -0.2) is 14.8 Å². The number of hydrogen-bond acceptors (Lipinski definition) is 2. The first-order valence-corrected chi connectivity index (χ1v) is 8.94. The maximum absolute atomic E-state index is 4.70. The molecule has 0 aliphatic heterocycles. The number of pyridine rings is 1. The second kappa shape index (κ2) is 6.54. The summed E-state index contributed by atoms with van der Waals surface area (Å²) in [4.78, 5) is 4.36. The van der Waals surface area contributed by atoms with Crippen molar-refractivity contribution in [2.45, 2.75) is 0 Å². The zero-order valence-electron chi connectivity index (χ0n) is 14.7. The highest BCUT2D eigenvalue weighted by Crippen LogP contribution is 2.31. The Balaban J connectivity index is 1.58. The molecule has 0 atom stereocenters. The minimum atomic E-state index is 0.814. The Morgan fingerprint density at radius 1 is 0.667 bits per heavy atom. The Kier molecular flexibility index (Phi) is 3.76. The van der Waals surface area contributed by atoms with Gasteiger partial charge in [0.25, 0.3) is 0 Å². The van der Waals surface area contributed by atoms with E-state index < -0.39 is 0 Å². The van der Waals surface area contributed by atoms with Crippen molar-refractivity contribution in [2.75, 3.05) is 0 Å². The average molecular weight is 347 g/mol. The van der Waals surface area contributed by atoms with Gasteiger partial charge in [0.05, 0.1) is 5.69 Å². The maximum atomic E-state index is 4.70. The van der Waals surface area contributed by atoms with E-state index in [1.165, 1.54) is 21.9 Å². The smallest absolute Gasteiger partial charge is 0.153 e. The number of hydrogen-bond donors (Lipinski definition) is 0. The van der Waals surface area contributed by atoms with Gasteiger partial charge in [-0.2, -0.15) is 5.10 Å². The molecule has 128 valence electrons. The summed E-state index contributed by atoms with van der Waals surface area (Å²) < 4.78 is 1.81. The number of benzene rings is 3. The predicted octanol–water partition coefficient (Wildman–Crippen LogP) is 5.75. The summed E-state index contributed by atoms with van der Waals surface area (Å²) in [7, 11) is 0. The topological polar surface area (TPSA) is 30.7 Å². The lowest BCUT2D eigenvalue weighted by Gasteiger charge is -2.08. The van der Waals surface area contributed by atoms with Crippen molar-refractivity contribution >= 4 is 10.8 Å². The van der Waals surface area contributed by atoms with Crippen LogP contribution >= 0.6 is 0 Å². The van der Waals surface area contributed by atoms with E-state index in [0.29, 0.717) is 0 Å². The molecule has 2 aromatic heterocycles. The molecule has 0 bridgehead atoms. The van der Waals surface area contributed by atoms with Gasteiger partial charge in [0.15, 0.2) is 5.82 Å². The lowest BCUT2D eigenvalue weighted by molar-refractivity contribution is 0.850. The Labute approximate surface area is 157 Å². The van der Waals surface area contributed by atoms with Crippen molar-refractivity contribution < 1.29 is 0 Å². The average Bonchev–Trinajstić information content (AvgIpc) is 3.24. The third kappa shape index (κ3) is 2.89. The van der Waals surface area contributed by atoms with E-state index in [0.717, 1.165) is 17.1 Å². The molecule has 0 aliphatic carbocycles. The van der Waals surface area contributed by atoms with Crippen LogP contribution in [0.2, 0.25) is 0 Å². The van der Waals surface area contributed by atoms with E-state index >= 15 is 0 Å². The van der Waals surface area contributed by atoms with Crippen molar-refractivity contribution in [2.24, 2.45) is 0 Å². The van der Waals surface area contributed by atoms with E-state index in [9.17, 15) is 0 Å². The van der Waals surface area contributed by atoms with Gasteiger partial charge in [-0.05, 0) is 46.2 Å². The van der Waals surface area contributed by atoms with E-state index in [2.05, 4.69) is 71.7 Å². The lowest BCUT2D eigenvalue weighted by atomic mass is 9.96. The zero-order valence-corrected chi connectivity index (χ0v) is 14.7. The Hall–Kier alpha value is -3.72. The summed E-state index contributed by atoms with van der Waals surface area (Å²) in [6.07, 6.45) is 3.72. The van der Waals surface area contributed by atoms with Crippen molar-refractivity contribution in [1.29, 1.82) is 0 Å². The Morgan fingerprint density at radius 3 is 2.41 bits per heavy atom. The van der Waals surface area contributed by atoms with Gasteiger partial charge in [-0.15, -0.1) is 0 Å². The molecular formula is C24H17N3. The van der Waals surface area contributed by atoms with Gasteiger partial charge >= 0.3 is 0 Å². The van der Waals surface area contributed by atoms with E-state index in [1.807, 2.05) is 30.5 Å². The fraction of sp³-hybridized carbons (Fsp3) is 0. The molecule has 3 heteroatoms. The SMILES string of the molecule is c1ccc(-n2ccc(-c3cccc(-c4cccc5ccccc45)c3)n2)nc1. The highest BCUT2D eigenvalue weighted by Gasteiger charge is 2.08. The largest absolute Gasteiger partial charge is 0.237 e. The molecule has 3 aromatic carbocycles. The molecule has 0 fully saturated rings. The summed E-state index contributed by atoms with van der Waals surface area (Å²) in [6, 6.07) is 31.3. The summed E-state index contributed by atoms with van der Waals surface area (Å²) in [5.41, 5.74) is 4.45. The fourth-order valence-electron chi connectivity index (χ4n) is 3.42. The molecule has 0 N–H and O–H groups in total. The van der Waals surface area contributed by atoms with Gasteiger partial charge in [-0.3, -0.25) is 0 Å². The second-order valence-corrected chi connectivity index (χ2v) is 6.44. The van der Waals surface area contributed by atoms with Crippen molar-refractivity contribution in [3.8, 4) is 28.2 Å². The van der Waals surface area contributed by atoms with Crippen molar-refractivity contribution in [3.63, 3.8) is 0 Å². The first-order chi connectivity index (χ1) is 13.4. The van der Waals surface area contributed by atoms with E-state index in [-0.39, 0.29) is 0 Å².